The zero-order valence-electron chi connectivity index (χ0n) is 11.1. The number of hydrogen-bond donors (Lipinski definition) is 3. The van der Waals surface area contributed by atoms with Crippen molar-refractivity contribution in [3.05, 3.63) is 0 Å². The van der Waals surface area contributed by atoms with E-state index in [1.165, 1.54) is 0 Å². The van der Waals surface area contributed by atoms with Crippen LogP contribution in [0.2, 0.25) is 0 Å². The van der Waals surface area contributed by atoms with E-state index in [1.807, 2.05) is 27.7 Å². The largest absolute Gasteiger partial charge is 0.396 e. The highest BCUT2D eigenvalue weighted by atomic mass is 16.3. The molecule has 0 aliphatic carbocycles. The van der Waals surface area contributed by atoms with Crippen LogP contribution in [0.1, 0.15) is 53.4 Å². The number of aliphatic hydroxyl groups is 3. The minimum atomic E-state index is -0.561. The fourth-order valence-electron chi connectivity index (χ4n) is 1.84. The summed E-state index contributed by atoms with van der Waals surface area (Å²) in [6.07, 6.45) is 2.26. The van der Waals surface area contributed by atoms with Gasteiger partial charge in [0.25, 0.3) is 0 Å². The fourth-order valence-corrected chi connectivity index (χ4v) is 1.84. The van der Waals surface area contributed by atoms with Gasteiger partial charge in [0.2, 0.25) is 0 Å². The topological polar surface area (TPSA) is 60.7 Å². The summed E-state index contributed by atoms with van der Waals surface area (Å²) in [5.74, 6) is 0.126. The van der Waals surface area contributed by atoms with Gasteiger partial charge in [-0.15, -0.1) is 0 Å². The Labute approximate surface area is 99.5 Å². The molecule has 0 aromatic rings. The Morgan fingerprint density at radius 1 is 1.12 bits per heavy atom. The molecule has 0 amide bonds. The van der Waals surface area contributed by atoms with Crippen LogP contribution in [0.5, 0.6) is 0 Å². The van der Waals surface area contributed by atoms with E-state index in [0.717, 1.165) is 19.3 Å². The van der Waals surface area contributed by atoms with Gasteiger partial charge in [-0.1, -0.05) is 40.5 Å². The summed E-state index contributed by atoms with van der Waals surface area (Å²) < 4.78 is 0. The first-order chi connectivity index (χ1) is 7.38. The maximum atomic E-state index is 10.0. The Kier molecular flexibility index (Phi) is 7.20. The van der Waals surface area contributed by atoms with Gasteiger partial charge < -0.3 is 15.3 Å². The van der Waals surface area contributed by atoms with Crippen LogP contribution in [-0.4, -0.2) is 34.1 Å². The van der Waals surface area contributed by atoms with Crippen LogP contribution in [0.3, 0.4) is 0 Å². The highest BCUT2D eigenvalue weighted by molar-refractivity contribution is 4.81. The molecular formula is C13H28O3. The molecule has 0 spiro atoms. The highest BCUT2D eigenvalue weighted by Gasteiger charge is 2.30. The average molecular weight is 232 g/mol. The smallest absolute Gasteiger partial charge is 0.0616 e. The summed E-state index contributed by atoms with van der Waals surface area (Å²) in [5.41, 5.74) is -0.487. The first-order valence-corrected chi connectivity index (χ1v) is 6.36. The van der Waals surface area contributed by atoms with Crippen LogP contribution >= 0.6 is 0 Å². The van der Waals surface area contributed by atoms with Gasteiger partial charge in [-0.3, -0.25) is 0 Å². The van der Waals surface area contributed by atoms with E-state index in [1.54, 1.807) is 0 Å². The van der Waals surface area contributed by atoms with E-state index in [-0.39, 0.29) is 18.6 Å². The molecule has 0 heterocycles. The van der Waals surface area contributed by atoms with Crippen molar-refractivity contribution in [3.8, 4) is 0 Å². The zero-order chi connectivity index (χ0) is 12.8. The fraction of sp³-hybridized carbons (Fsp3) is 1.00. The van der Waals surface area contributed by atoms with Gasteiger partial charge in [0.05, 0.1) is 18.8 Å². The summed E-state index contributed by atoms with van der Waals surface area (Å²) in [7, 11) is 0. The molecule has 98 valence electrons. The monoisotopic (exact) mass is 232 g/mol. The van der Waals surface area contributed by atoms with Gasteiger partial charge in [0.1, 0.15) is 0 Å². The molecule has 3 heteroatoms. The van der Waals surface area contributed by atoms with Gasteiger partial charge in [-0.25, -0.2) is 0 Å². The molecule has 3 unspecified atom stereocenters. The van der Waals surface area contributed by atoms with Crippen molar-refractivity contribution in [2.75, 3.05) is 6.61 Å². The van der Waals surface area contributed by atoms with Gasteiger partial charge in [0.15, 0.2) is 0 Å². The summed E-state index contributed by atoms with van der Waals surface area (Å²) in [6, 6.07) is 0. The molecular weight excluding hydrogens is 204 g/mol. The van der Waals surface area contributed by atoms with Crippen molar-refractivity contribution in [3.63, 3.8) is 0 Å². The number of rotatable bonds is 8. The average Bonchev–Trinajstić information content (AvgIpc) is 2.25. The van der Waals surface area contributed by atoms with Crippen LogP contribution in [0.15, 0.2) is 0 Å². The second-order valence-corrected chi connectivity index (χ2v) is 5.42. The summed E-state index contributed by atoms with van der Waals surface area (Å²) in [5, 5.41) is 29.1. The SMILES string of the molecule is CCCC(O)C(CC)CC(O)C(C)(C)CO. The van der Waals surface area contributed by atoms with Crippen LogP contribution in [-0.2, 0) is 0 Å². The van der Waals surface area contributed by atoms with Crippen molar-refractivity contribution in [1.82, 2.24) is 0 Å². The molecule has 3 N–H and O–H groups in total. The number of aliphatic hydroxyl groups excluding tert-OH is 3. The zero-order valence-corrected chi connectivity index (χ0v) is 11.1. The van der Waals surface area contributed by atoms with Gasteiger partial charge in [-0.2, -0.15) is 0 Å². The Balaban J connectivity index is 4.31. The summed E-state index contributed by atoms with van der Waals surface area (Å²) >= 11 is 0. The van der Waals surface area contributed by atoms with E-state index in [0.29, 0.717) is 6.42 Å². The van der Waals surface area contributed by atoms with Gasteiger partial charge >= 0.3 is 0 Å². The minimum Gasteiger partial charge on any atom is -0.396 e. The lowest BCUT2D eigenvalue weighted by Crippen LogP contribution is -2.36. The second kappa shape index (κ2) is 7.25. The van der Waals surface area contributed by atoms with Gasteiger partial charge in [-0.05, 0) is 18.8 Å². The molecule has 0 radical (unpaired) electrons. The van der Waals surface area contributed by atoms with Crippen LogP contribution < -0.4 is 0 Å². The molecule has 0 aliphatic heterocycles. The van der Waals surface area contributed by atoms with E-state index in [2.05, 4.69) is 0 Å². The summed E-state index contributed by atoms with van der Waals surface area (Å²) in [6.45, 7) is 7.73. The molecule has 0 aromatic carbocycles. The lowest BCUT2D eigenvalue weighted by atomic mass is 9.80. The second-order valence-electron chi connectivity index (χ2n) is 5.42. The van der Waals surface area contributed by atoms with Crippen LogP contribution in [0.4, 0.5) is 0 Å². The van der Waals surface area contributed by atoms with E-state index in [4.69, 9.17) is 5.11 Å². The third-order valence-corrected chi connectivity index (χ3v) is 3.49. The Hall–Kier alpha value is -0.120. The van der Waals surface area contributed by atoms with Crippen LogP contribution in [0, 0.1) is 11.3 Å². The van der Waals surface area contributed by atoms with Crippen molar-refractivity contribution in [1.29, 1.82) is 0 Å². The lowest BCUT2D eigenvalue weighted by molar-refractivity contribution is -0.0254. The first kappa shape index (κ1) is 15.9. The third kappa shape index (κ3) is 4.81. The molecule has 0 rings (SSSR count). The van der Waals surface area contributed by atoms with Crippen molar-refractivity contribution < 1.29 is 15.3 Å². The molecule has 0 fully saturated rings. The van der Waals surface area contributed by atoms with Crippen LogP contribution in [0.25, 0.3) is 0 Å². The normalized spacial score (nSPS) is 18.2. The molecule has 3 nitrogen and oxygen atoms in total. The highest BCUT2D eigenvalue weighted by Crippen LogP contribution is 2.28. The van der Waals surface area contributed by atoms with E-state index in [9.17, 15) is 10.2 Å². The number of hydrogen-bond acceptors (Lipinski definition) is 3. The molecule has 3 atom stereocenters. The molecule has 0 bridgehead atoms. The van der Waals surface area contributed by atoms with Crippen molar-refractivity contribution >= 4 is 0 Å². The predicted octanol–water partition coefficient (Wildman–Crippen LogP) is 1.94. The Bertz CT molecular complexity index is 180. The van der Waals surface area contributed by atoms with E-state index < -0.39 is 11.5 Å². The quantitative estimate of drug-likeness (QED) is 0.599. The lowest BCUT2D eigenvalue weighted by Gasteiger charge is -2.32. The van der Waals surface area contributed by atoms with Crippen molar-refractivity contribution in [2.45, 2.75) is 65.6 Å². The molecule has 0 saturated carbocycles. The maximum Gasteiger partial charge on any atom is 0.0616 e. The Morgan fingerprint density at radius 3 is 2.06 bits per heavy atom. The maximum absolute atomic E-state index is 10.0. The minimum absolute atomic E-state index is 0.0333. The summed E-state index contributed by atoms with van der Waals surface area (Å²) in [4.78, 5) is 0. The van der Waals surface area contributed by atoms with E-state index >= 15 is 0 Å². The first-order valence-electron chi connectivity index (χ1n) is 6.36. The third-order valence-electron chi connectivity index (χ3n) is 3.49. The molecule has 0 aliphatic rings. The molecule has 16 heavy (non-hydrogen) atoms. The predicted molar refractivity (Wildman–Crippen MR) is 66.2 cm³/mol. The van der Waals surface area contributed by atoms with Gasteiger partial charge in [0, 0.05) is 5.41 Å². The molecule has 0 aromatic heterocycles. The standard InChI is InChI=1S/C13H28O3/c1-5-7-11(15)10(6-2)8-12(16)13(3,4)9-14/h10-12,14-16H,5-9H2,1-4H3. The Morgan fingerprint density at radius 2 is 1.69 bits per heavy atom. The van der Waals surface area contributed by atoms with Crippen molar-refractivity contribution in [2.24, 2.45) is 11.3 Å². The molecule has 0 saturated heterocycles.